The van der Waals surface area contributed by atoms with E-state index in [9.17, 15) is 4.79 Å². The number of fused-ring (bicyclic) bond motifs is 2. The lowest BCUT2D eigenvalue weighted by molar-refractivity contribution is 0.0958. The fraction of sp³-hybridized carbons (Fsp3) is 0.200. The van der Waals surface area contributed by atoms with Gasteiger partial charge in [-0.15, -0.1) is 5.10 Å². The third kappa shape index (κ3) is 3.31. The zero-order valence-corrected chi connectivity index (χ0v) is 16.3. The van der Waals surface area contributed by atoms with Crippen LogP contribution in [0.15, 0.2) is 58.4 Å². The van der Waals surface area contributed by atoms with Gasteiger partial charge in [-0.05, 0) is 29.8 Å². The van der Waals surface area contributed by atoms with Crippen LogP contribution in [0.2, 0.25) is 5.02 Å². The molecule has 28 heavy (non-hydrogen) atoms. The van der Waals surface area contributed by atoms with Crippen molar-refractivity contribution in [3.05, 3.63) is 76.5 Å². The van der Waals surface area contributed by atoms with Gasteiger partial charge in [-0.1, -0.05) is 35.5 Å². The topological polar surface area (TPSA) is 73.3 Å². The standard InChI is InChI=1S/C20H15ClN4O2S/c21-14-5-3-12(4-6-14)11-28-20-23-19-22-16-8-13(18-2-1-7-27-18)9-17(26)15(16)10-25(19)24-20/h1-7,10,13H,8-9,11H2/t13-/m1/s1. The lowest BCUT2D eigenvalue weighted by Gasteiger charge is -2.20. The summed E-state index contributed by atoms with van der Waals surface area (Å²) in [6, 6.07) is 11.4. The van der Waals surface area contributed by atoms with Crippen molar-refractivity contribution in [1.29, 1.82) is 0 Å². The number of carbonyl (C=O) groups excluding carboxylic acids is 1. The molecule has 0 fully saturated rings. The molecule has 0 amide bonds. The van der Waals surface area contributed by atoms with Gasteiger partial charge in [0.25, 0.3) is 5.78 Å². The molecule has 3 heterocycles. The minimum absolute atomic E-state index is 0.0200. The van der Waals surface area contributed by atoms with Crippen LogP contribution in [-0.2, 0) is 12.2 Å². The van der Waals surface area contributed by atoms with Crippen LogP contribution in [0, 0.1) is 0 Å². The second-order valence-electron chi connectivity index (χ2n) is 6.70. The number of furan rings is 1. The second kappa shape index (κ2) is 7.07. The van der Waals surface area contributed by atoms with E-state index in [2.05, 4.69) is 15.1 Å². The minimum atomic E-state index is 0.0200. The van der Waals surface area contributed by atoms with Gasteiger partial charge in [0.15, 0.2) is 5.78 Å². The molecule has 1 atom stereocenters. The highest BCUT2D eigenvalue weighted by Crippen LogP contribution is 2.32. The molecule has 5 rings (SSSR count). The first kappa shape index (κ1) is 17.5. The highest BCUT2D eigenvalue weighted by atomic mass is 35.5. The number of nitrogens with zero attached hydrogens (tertiary/aromatic N) is 4. The van der Waals surface area contributed by atoms with Crippen molar-refractivity contribution in [3.8, 4) is 0 Å². The molecule has 3 aromatic heterocycles. The normalized spacial score (nSPS) is 16.5. The largest absolute Gasteiger partial charge is 0.469 e. The number of aromatic nitrogens is 4. The predicted octanol–water partition coefficient (Wildman–Crippen LogP) is 4.58. The molecule has 0 saturated carbocycles. The van der Waals surface area contributed by atoms with Crippen molar-refractivity contribution in [2.75, 3.05) is 0 Å². The van der Waals surface area contributed by atoms with Gasteiger partial charge in [-0.3, -0.25) is 4.79 Å². The Bertz CT molecular complexity index is 1160. The van der Waals surface area contributed by atoms with E-state index >= 15 is 0 Å². The van der Waals surface area contributed by atoms with Gasteiger partial charge in [0.05, 0.1) is 17.5 Å². The van der Waals surface area contributed by atoms with Crippen LogP contribution in [0.3, 0.4) is 0 Å². The van der Waals surface area contributed by atoms with Crippen LogP contribution >= 0.6 is 23.4 Å². The lowest BCUT2D eigenvalue weighted by atomic mass is 9.85. The van der Waals surface area contributed by atoms with E-state index in [1.54, 1.807) is 17.0 Å². The molecule has 1 aromatic carbocycles. The van der Waals surface area contributed by atoms with Crippen LogP contribution in [0.5, 0.6) is 0 Å². The van der Waals surface area contributed by atoms with Crippen LogP contribution in [0.4, 0.5) is 0 Å². The number of carbonyl (C=O) groups is 1. The van der Waals surface area contributed by atoms with Crippen molar-refractivity contribution < 1.29 is 9.21 Å². The van der Waals surface area contributed by atoms with E-state index in [1.165, 1.54) is 11.8 Å². The molecule has 0 spiro atoms. The maximum absolute atomic E-state index is 12.6. The molecule has 140 valence electrons. The first-order valence-corrected chi connectivity index (χ1v) is 10.2. The number of thioether (sulfide) groups is 1. The smallest absolute Gasteiger partial charge is 0.253 e. The van der Waals surface area contributed by atoms with Gasteiger partial charge >= 0.3 is 0 Å². The van der Waals surface area contributed by atoms with Crippen molar-refractivity contribution in [2.45, 2.75) is 29.7 Å². The summed E-state index contributed by atoms with van der Waals surface area (Å²) in [6.45, 7) is 0. The number of hydrogen-bond acceptors (Lipinski definition) is 6. The number of benzene rings is 1. The summed E-state index contributed by atoms with van der Waals surface area (Å²) in [5, 5.41) is 5.81. The molecule has 8 heteroatoms. The average molecular weight is 411 g/mol. The monoisotopic (exact) mass is 410 g/mol. The Balaban J connectivity index is 1.40. The van der Waals surface area contributed by atoms with E-state index in [0.717, 1.165) is 22.8 Å². The van der Waals surface area contributed by atoms with E-state index in [-0.39, 0.29) is 11.7 Å². The molecule has 0 N–H and O–H groups in total. The number of Topliss-reactive ketones (excluding diaryl/α,β-unsaturated/α-hetero) is 1. The Morgan fingerprint density at radius 3 is 2.82 bits per heavy atom. The minimum Gasteiger partial charge on any atom is -0.469 e. The summed E-state index contributed by atoms with van der Waals surface area (Å²) in [4.78, 5) is 21.7. The molecular formula is C20H15ClN4O2S. The number of halogens is 1. The summed E-state index contributed by atoms with van der Waals surface area (Å²) in [7, 11) is 0. The SMILES string of the molecule is O=C1C[C@H](c2ccco2)Cc2nc3nc(SCc4ccc(Cl)cc4)nn3cc21. The summed E-state index contributed by atoms with van der Waals surface area (Å²) in [5.74, 6) is 2.13. The van der Waals surface area contributed by atoms with Crippen LogP contribution < -0.4 is 0 Å². The van der Waals surface area contributed by atoms with E-state index in [4.69, 9.17) is 16.0 Å². The molecule has 6 nitrogen and oxygen atoms in total. The first-order valence-electron chi connectivity index (χ1n) is 8.86. The molecule has 0 saturated heterocycles. The van der Waals surface area contributed by atoms with E-state index in [1.807, 2.05) is 36.4 Å². The molecule has 1 aliphatic rings. The summed E-state index contributed by atoms with van der Waals surface area (Å²) >= 11 is 7.44. The Morgan fingerprint density at radius 2 is 2.04 bits per heavy atom. The zero-order chi connectivity index (χ0) is 19.1. The highest BCUT2D eigenvalue weighted by molar-refractivity contribution is 7.98. The van der Waals surface area contributed by atoms with Crippen molar-refractivity contribution in [2.24, 2.45) is 0 Å². The maximum atomic E-state index is 12.6. The Hall–Kier alpha value is -2.64. The molecule has 0 aliphatic heterocycles. The maximum Gasteiger partial charge on any atom is 0.253 e. The quantitative estimate of drug-likeness (QED) is 0.458. The van der Waals surface area contributed by atoms with Crippen LogP contribution in [0.1, 0.15) is 39.7 Å². The van der Waals surface area contributed by atoms with Gasteiger partial charge in [0.1, 0.15) is 5.76 Å². The zero-order valence-electron chi connectivity index (χ0n) is 14.7. The number of hydrogen-bond donors (Lipinski definition) is 0. The second-order valence-corrected chi connectivity index (χ2v) is 8.08. The Labute approximate surface area is 169 Å². The summed E-state index contributed by atoms with van der Waals surface area (Å²) < 4.78 is 7.08. The third-order valence-corrected chi connectivity index (χ3v) is 5.95. The molecule has 0 unspecified atom stereocenters. The molecule has 1 aliphatic carbocycles. The molecule has 0 radical (unpaired) electrons. The Morgan fingerprint density at radius 1 is 1.18 bits per heavy atom. The van der Waals surface area contributed by atoms with Gasteiger partial charge < -0.3 is 4.42 Å². The van der Waals surface area contributed by atoms with Crippen LogP contribution in [0.25, 0.3) is 5.78 Å². The van der Waals surface area contributed by atoms with Crippen LogP contribution in [-0.4, -0.2) is 25.4 Å². The number of ketones is 1. The third-order valence-electron chi connectivity index (χ3n) is 4.79. The van der Waals surface area contributed by atoms with E-state index in [0.29, 0.717) is 34.4 Å². The summed E-state index contributed by atoms with van der Waals surface area (Å²) in [6.07, 6.45) is 4.46. The number of rotatable bonds is 4. The fourth-order valence-corrected chi connectivity index (χ4v) is 4.28. The average Bonchev–Trinajstić information content (AvgIpc) is 3.35. The first-order chi connectivity index (χ1) is 13.7. The molecule has 0 bridgehead atoms. The van der Waals surface area contributed by atoms with Gasteiger partial charge in [0.2, 0.25) is 5.16 Å². The van der Waals surface area contributed by atoms with Crippen molar-refractivity contribution in [1.82, 2.24) is 19.6 Å². The van der Waals surface area contributed by atoms with Crippen molar-refractivity contribution in [3.63, 3.8) is 0 Å². The van der Waals surface area contributed by atoms with E-state index < -0.39 is 0 Å². The van der Waals surface area contributed by atoms with Gasteiger partial charge in [-0.25, -0.2) is 9.50 Å². The fourth-order valence-electron chi connectivity index (χ4n) is 3.38. The Kier molecular flexibility index (Phi) is 4.41. The highest BCUT2D eigenvalue weighted by Gasteiger charge is 2.30. The predicted molar refractivity (Wildman–Crippen MR) is 106 cm³/mol. The lowest BCUT2D eigenvalue weighted by Crippen LogP contribution is -2.21. The van der Waals surface area contributed by atoms with Gasteiger partial charge in [0, 0.05) is 35.7 Å². The summed E-state index contributed by atoms with van der Waals surface area (Å²) in [5.41, 5.74) is 2.51. The molecular weight excluding hydrogens is 396 g/mol. The van der Waals surface area contributed by atoms with Gasteiger partial charge in [-0.2, -0.15) is 4.98 Å². The molecule has 4 aromatic rings. The van der Waals surface area contributed by atoms with Crippen molar-refractivity contribution >= 4 is 34.9 Å².